The standard InChI is InChI=1S/C50H38N2/c1-4-20-42(21-5-1)50(52(45-24-8-3-9-25-45)49-29-15-19-41-17-11-13-27-47(41)49)36-34-39(35-37-50)38-30-32-44(33-31-38)51(43-22-6-2-7-23-43)48-28-14-18-40-16-10-12-26-46(40)48/h1-36H,37H2. The first-order valence-corrected chi connectivity index (χ1v) is 18.0. The lowest BCUT2D eigenvalue weighted by Crippen LogP contribution is -2.42. The summed E-state index contributed by atoms with van der Waals surface area (Å²) >= 11 is 0. The summed E-state index contributed by atoms with van der Waals surface area (Å²) in [4.78, 5) is 4.90. The fraction of sp³-hybridized carbons (Fsp3) is 0.0400. The average Bonchev–Trinajstić information content (AvgIpc) is 3.23. The second-order valence-corrected chi connectivity index (χ2v) is 13.4. The van der Waals surface area contributed by atoms with Crippen molar-refractivity contribution in [2.45, 2.75) is 12.0 Å². The molecule has 0 radical (unpaired) electrons. The van der Waals surface area contributed by atoms with Crippen LogP contribution in [0.5, 0.6) is 0 Å². The summed E-state index contributed by atoms with van der Waals surface area (Å²) in [5.74, 6) is 0. The normalized spacial score (nSPS) is 15.3. The van der Waals surface area contributed by atoms with Gasteiger partial charge in [-0.25, -0.2) is 0 Å². The molecular formula is C50H38N2. The molecule has 0 heterocycles. The van der Waals surface area contributed by atoms with E-state index >= 15 is 0 Å². The van der Waals surface area contributed by atoms with Crippen molar-refractivity contribution in [3.05, 3.63) is 230 Å². The largest absolute Gasteiger partial charge is 0.327 e. The SMILES string of the molecule is C1=CC(c2ccccc2)(N(c2ccccc2)c2cccc3ccccc23)CC=C1c1ccc(N(c2ccccc2)c2cccc3ccccc23)cc1. The zero-order chi connectivity index (χ0) is 34.7. The third-order valence-electron chi connectivity index (χ3n) is 10.3. The van der Waals surface area contributed by atoms with Crippen molar-refractivity contribution < 1.29 is 0 Å². The minimum atomic E-state index is -0.450. The molecule has 9 rings (SSSR count). The Morgan fingerprint density at radius 3 is 1.52 bits per heavy atom. The van der Waals surface area contributed by atoms with E-state index in [1.54, 1.807) is 0 Å². The molecule has 0 amide bonds. The second kappa shape index (κ2) is 13.6. The van der Waals surface area contributed by atoms with Crippen molar-refractivity contribution in [3.8, 4) is 0 Å². The maximum absolute atomic E-state index is 2.54. The van der Waals surface area contributed by atoms with E-state index in [9.17, 15) is 0 Å². The van der Waals surface area contributed by atoms with E-state index in [0.29, 0.717) is 0 Å². The van der Waals surface area contributed by atoms with Crippen LogP contribution in [0, 0.1) is 0 Å². The van der Waals surface area contributed by atoms with Gasteiger partial charge in [0.25, 0.3) is 0 Å². The van der Waals surface area contributed by atoms with Crippen LogP contribution < -0.4 is 9.80 Å². The van der Waals surface area contributed by atoms with Crippen LogP contribution in [0.1, 0.15) is 17.5 Å². The topological polar surface area (TPSA) is 6.48 Å². The van der Waals surface area contributed by atoms with Crippen LogP contribution in [0.4, 0.5) is 28.4 Å². The summed E-state index contributed by atoms with van der Waals surface area (Å²) < 4.78 is 0. The Morgan fingerprint density at radius 1 is 0.404 bits per heavy atom. The lowest BCUT2D eigenvalue weighted by atomic mass is 9.78. The van der Waals surface area contributed by atoms with E-state index in [-0.39, 0.29) is 0 Å². The minimum absolute atomic E-state index is 0.450. The molecule has 0 aliphatic heterocycles. The van der Waals surface area contributed by atoms with Gasteiger partial charge in [-0.2, -0.15) is 0 Å². The zero-order valence-corrected chi connectivity index (χ0v) is 28.9. The fourth-order valence-electron chi connectivity index (χ4n) is 7.85. The van der Waals surface area contributed by atoms with Crippen LogP contribution >= 0.6 is 0 Å². The molecule has 8 aromatic carbocycles. The molecule has 1 aliphatic carbocycles. The van der Waals surface area contributed by atoms with E-state index in [4.69, 9.17) is 0 Å². The molecule has 52 heavy (non-hydrogen) atoms. The smallest absolute Gasteiger partial charge is 0.0924 e. The van der Waals surface area contributed by atoms with Crippen molar-refractivity contribution in [1.82, 2.24) is 0 Å². The van der Waals surface area contributed by atoms with E-state index in [1.165, 1.54) is 43.9 Å². The average molecular weight is 667 g/mol. The lowest BCUT2D eigenvalue weighted by molar-refractivity contribution is 0.549. The summed E-state index contributed by atoms with van der Waals surface area (Å²) in [6.07, 6.45) is 7.97. The molecule has 0 fully saturated rings. The van der Waals surface area contributed by atoms with E-state index in [1.807, 2.05) is 0 Å². The van der Waals surface area contributed by atoms with Crippen molar-refractivity contribution in [3.63, 3.8) is 0 Å². The summed E-state index contributed by atoms with van der Waals surface area (Å²) in [6, 6.07) is 72.0. The first-order chi connectivity index (χ1) is 25.8. The number of fused-ring (bicyclic) bond motifs is 2. The predicted octanol–water partition coefficient (Wildman–Crippen LogP) is 13.5. The highest BCUT2D eigenvalue weighted by molar-refractivity contribution is 5.99. The summed E-state index contributed by atoms with van der Waals surface area (Å²) in [5.41, 5.74) is 8.98. The number of anilines is 5. The number of rotatable bonds is 8. The molecule has 0 N–H and O–H groups in total. The van der Waals surface area contributed by atoms with Crippen LogP contribution in [-0.4, -0.2) is 0 Å². The van der Waals surface area contributed by atoms with Crippen LogP contribution in [0.3, 0.4) is 0 Å². The van der Waals surface area contributed by atoms with E-state index < -0.39 is 5.54 Å². The maximum atomic E-state index is 2.54. The third kappa shape index (κ3) is 5.65. The van der Waals surface area contributed by atoms with Crippen molar-refractivity contribution in [2.75, 3.05) is 9.80 Å². The van der Waals surface area contributed by atoms with Gasteiger partial charge in [-0.1, -0.05) is 170 Å². The van der Waals surface area contributed by atoms with Gasteiger partial charge < -0.3 is 9.80 Å². The minimum Gasteiger partial charge on any atom is -0.327 e. The number of allylic oxidation sites excluding steroid dienone is 2. The molecular weight excluding hydrogens is 629 g/mol. The van der Waals surface area contributed by atoms with Crippen LogP contribution in [-0.2, 0) is 5.54 Å². The summed E-state index contributed by atoms with van der Waals surface area (Å²) in [5, 5.41) is 4.91. The van der Waals surface area contributed by atoms with Crippen molar-refractivity contribution in [1.29, 1.82) is 0 Å². The molecule has 248 valence electrons. The van der Waals surface area contributed by atoms with Gasteiger partial charge in [0.05, 0.1) is 16.9 Å². The number of benzene rings is 8. The van der Waals surface area contributed by atoms with Gasteiger partial charge in [0.1, 0.15) is 0 Å². The first-order valence-electron chi connectivity index (χ1n) is 18.0. The highest BCUT2D eigenvalue weighted by Gasteiger charge is 2.39. The zero-order valence-electron chi connectivity index (χ0n) is 28.9. The Kier molecular flexibility index (Phi) is 8.19. The fourth-order valence-corrected chi connectivity index (χ4v) is 7.85. The first kappa shape index (κ1) is 31.3. The van der Waals surface area contributed by atoms with Gasteiger partial charge in [0.15, 0.2) is 0 Å². The molecule has 0 saturated carbocycles. The second-order valence-electron chi connectivity index (χ2n) is 13.4. The predicted molar refractivity (Wildman–Crippen MR) is 221 cm³/mol. The number of hydrogen-bond donors (Lipinski definition) is 0. The molecule has 8 aromatic rings. The molecule has 0 aromatic heterocycles. The Hall–Kier alpha value is -6.64. The Labute approximate surface area is 305 Å². The van der Waals surface area contributed by atoms with E-state index in [2.05, 4.69) is 228 Å². The molecule has 2 heteroatoms. The van der Waals surface area contributed by atoms with E-state index in [0.717, 1.165) is 29.2 Å². The van der Waals surface area contributed by atoms with Crippen LogP contribution in [0.15, 0.2) is 218 Å². The van der Waals surface area contributed by atoms with Gasteiger partial charge in [-0.05, 0) is 82.4 Å². The van der Waals surface area contributed by atoms with Gasteiger partial charge in [-0.3, -0.25) is 0 Å². The highest BCUT2D eigenvalue weighted by atomic mass is 15.2. The molecule has 0 spiro atoms. The number of hydrogen-bond acceptors (Lipinski definition) is 2. The molecule has 1 unspecified atom stereocenters. The van der Waals surface area contributed by atoms with Gasteiger partial charge in [0, 0.05) is 27.8 Å². The summed E-state index contributed by atoms with van der Waals surface area (Å²) in [7, 11) is 0. The highest BCUT2D eigenvalue weighted by Crippen LogP contribution is 2.48. The van der Waals surface area contributed by atoms with Crippen LogP contribution in [0.25, 0.3) is 27.1 Å². The quantitative estimate of drug-likeness (QED) is 0.159. The Morgan fingerprint density at radius 2 is 0.904 bits per heavy atom. The monoisotopic (exact) mass is 666 g/mol. The van der Waals surface area contributed by atoms with Crippen LogP contribution in [0.2, 0.25) is 0 Å². The third-order valence-corrected chi connectivity index (χ3v) is 10.3. The molecule has 1 aliphatic rings. The molecule has 1 atom stereocenters. The maximum Gasteiger partial charge on any atom is 0.0924 e. The van der Waals surface area contributed by atoms with Gasteiger partial charge in [-0.15, -0.1) is 0 Å². The Balaban J connectivity index is 1.12. The molecule has 2 nitrogen and oxygen atoms in total. The van der Waals surface area contributed by atoms with Crippen molar-refractivity contribution >= 4 is 55.6 Å². The lowest BCUT2D eigenvalue weighted by Gasteiger charge is -2.45. The number of nitrogens with zero attached hydrogens (tertiary/aromatic N) is 2. The van der Waals surface area contributed by atoms with Gasteiger partial charge in [0.2, 0.25) is 0 Å². The Bertz CT molecular complexity index is 2530. The summed E-state index contributed by atoms with van der Waals surface area (Å²) in [6.45, 7) is 0. The van der Waals surface area contributed by atoms with Crippen molar-refractivity contribution in [2.24, 2.45) is 0 Å². The number of para-hydroxylation sites is 2. The molecule has 0 saturated heterocycles. The molecule has 0 bridgehead atoms. The van der Waals surface area contributed by atoms with Gasteiger partial charge >= 0.3 is 0 Å².